The minimum absolute atomic E-state index is 0.188. The molecule has 0 bridgehead atoms. The van der Waals surface area contributed by atoms with E-state index >= 15 is 0 Å². The van der Waals surface area contributed by atoms with Crippen molar-refractivity contribution in [3.05, 3.63) is 71.7 Å². The van der Waals surface area contributed by atoms with Gasteiger partial charge in [0.1, 0.15) is 5.82 Å². The first-order valence-corrected chi connectivity index (χ1v) is 11.4. The summed E-state index contributed by atoms with van der Waals surface area (Å²) in [6.07, 6.45) is 5.21. The molecule has 0 atom stereocenters. The van der Waals surface area contributed by atoms with Crippen molar-refractivity contribution in [1.29, 1.82) is 0 Å². The molecule has 1 N–H and O–H groups in total. The number of methoxy groups -OCH3 is 1. The Balaban J connectivity index is 1.74. The molecule has 1 amide bonds. The molecule has 0 radical (unpaired) electrons. The molecule has 0 saturated heterocycles. The SMILES string of the molecule is CCCCCN(CC)c1ccc(NC(=O)c2ccc(C)c(-c3ccc(OC)c(F)c3)c2)cn1. The molecule has 3 rings (SSSR count). The average molecular weight is 450 g/mol. The number of benzene rings is 2. The molecule has 33 heavy (non-hydrogen) atoms. The van der Waals surface area contributed by atoms with Gasteiger partial charge in [-0.05, 0) is 73.4 Å². The number of amides is 1. The van der Waals surface area contributed by atoms with Gasteiger partial charge in [0.05, 0.1) is 19.0 Å². The van der Waals surface area contributed by atoms with Crippen LogP contribution in [0.5, 0.6) is 5.75 Å². The Bertz CT molecular complexity index is 1080. The topological polar surface area (TPSA) is 54.5 Å². The second-order valence-electron chi connectivity index (χ2n) is 8.02. The number of carbonyl (C=O) groups excluding carboxylic acids is 1. The summed E-state index contributed by atoms with van der Waals surface area (Å²) in [7, 11) is 1.43. The smallest absolute Gasteiger partial charge is 0.255 e. The maximum Gasteiger partial charge on any atom is 0.255 e. The molecule has 3 aromatic rings. The van der Waals surface area contributed by atoms with E-state index in [1.807, 2.05) is 25.1 Å². The third-order valence-electron chi connectivity index (χ3n) is 5.71. The molecule has 0 saturated carbocycles. The van der Waals surface area contributed by atoms with E-state index in [2.05, 4.69) is 29.0 Å². The quantitative estimate of drug-likeness (QED) is 0.360. The third-order valence-corrected chi connectivity index (χ3v) is 5.71. The molecule has 0 aliphatic rings. The molecule has 0 unspecified atom stereocenters. The number of hydrogen-bond donors (Lipinski definition) is 1. The zero-order chi connectivity index (χ0) is 23.8. The molecular formula is C27H32FN3O2. The van der Waals surface area contributed by atoms with Gasteiger partial charge in [0.2, 0.25) is 0 Å². The Hall–Kier alpha value is -3.41. The molecule has 0 fully saturated rings. The first-order chi connectivity index (χ1) is 16.0. The van der Waals surface area contributed by atoms with Gasteiger partial charge in [-0.2, -0.15) is 0 Å². The highest BCUT2D eigenvalue weighted by molar-refractivity contribution is 6.05. The Morgan fingerprint density at radius 3 is 2.55 bits per heavy atom. The van der Waals surface area contributed by atoms with Crippen LogP contribution in [0.25, 0.3) is 11.1 Å². The van der Waals surface area contributed by atoms with Gasteiger partial charge in [0, 0.05) is 18.7 Å². The summed E-state index contributed by atoms with van der Waals surface area (Å²) in [4.78, 5) is 19.7. The maximum atomic E-state index is 14.2. The number of rotatable bonds is 10. The molecular weight excluding hydrogens is 417 g/mol. The van der Waals surface area contributed by atoms with E-state index in [4.69, 9.17) is 4.74 Å². The van der Waals surface area contributed by atoms with Crippen LogP contribution in [0, 0.1) is 12.7 Å². The van der Waals surface area contributed by atoms with Crippen LogP contribution in [0.1, 0.15) is 49.0 Å². The fourth-order valence-corrected chi connectivity index (χ4v) is 3.75. The van der Waals surface area contributed by atoms with Crippen molar-refractivity contribution >= 4 is 17.4 Å². The number of hydrogen-bond acceptors (Lipinski definition) is 4. The Morgan fingerprint density at radius 1 is 1.09 bits per heavy atom. The van der Waals surface area contributed by atoms with Crippen molar-refractivity contribution in [2.24, 2.45) is 0 Å². The number of nitrogens with zero attached hydrogens (tertiary/aromatic N) is 2. The Labute approximate surface area is 195 Å². The number of anilines is 2. The highest BCUT2D eigenvalue weighted by atomic mass is 19.1. The highest BCUT2D eigenvalue weighted by Crippen LogP contribution is 2.29. The number of nitrogens with one attached hydrogen (secondary N) is 1. The van der Waals surface area contributed by atoms with Crippen molar-refractivity contribution < 1.29 is 13.9 Å². The van der Waals surface area contributed by atoms with Crippen LogP contribution in [0.3, 0.4) is 0 Å². The van der Waals surface area contributed by atoms with Crippen molar-refractivity contribution in [3.8, 4) is 16.9 Å². The molecule has 1 heterocycles. The number of unbranched alkanes of at least 4 members (excludes halogenated alkanes) is 2. The van der Waals surface area contributed by atoms with Crippen molar-refractivity contribution in [3.63, 3.8) is 0 Å². The number of carbonyl (C=O) groups is 1. The molecule has 6 heteroatoms. The van der Waals surface area contributed by atoms with Gasteiger partial charge in [0.25, 0.3) is 5.91 Å². The molecule has 2 aromatic carbocycles. The Morgan fingerprint density at radius 2 is 1.91 bits per heavy atom. The summed E-state index contributed by atoms with van der Waals surface area (Å²) in [5, 5.41) is 2.91. The maximum absolute atomic E-state index is 14.2. The van der Waals surface area contributed by atoms with Crippen LogP contribution in [-0.2, 0) is 0 Å². The van der Waals surface area contributed by atoms with E-state index in [9.17, 15) is 9.18 Å². The summed E-state index contributed by atoms with van der Waals surface area (Å²) < 4.78 is 19.2. The van der Waals surface area contributed by atoms with Crippen LogP contribution in [0.4, 0.5) is 15.9 Å². The van der Waals surface area contributed by atoms with Crippen LogP contribution in [0.2, 0.25) is 0 Å². The summed E-state index contributed by atoms with van der Waals surface area (Å²) in [6.45, 7) is 8.11. The van der Waals surface area contributed by atoms with Gasteiger partial charge in [0.15, 0.2) is 11.6 Å². The molecule has 1 aromatic heterocycles. The van der Waals surface area contributed by atoms with Crippen LogP contribution < -0.4 is 15.0 Å². The van der Waals surface area contributed by atoms with E-state index < -0.39 is 5.82 Å². The highest BCUT2D eigenvalue weighted by Gasteiger charge is 2.13. The lowest BCUT2D eigenvalue weighted by Crippen LogP contribution is -2.24. The standard InChI is InChI=1S/C27H32FN3O2/c1-5-7-8-15-31(6-2)26-14-12-22(18-29-26)30-27(32)21-10-9-19(3)23(16-21)20-11-13-25(33-4)24(28)17-20/h9-14,16-18H,5-8,15H2,1-4H3,(H,30,32). The molecule has 5 nitrogen and oxygen atoms in total. The number of aromatic nitrogens is 1. The average Bonchev–Trinajstić information content (AvgIpc) is 2.83. The molecule has 174 valence electrons. The lowest BCUT2D eigenvalue weighted by molar-refractivity contribution is 0.102. The third kappa shape index (κ3) is 6.09. The van der Waals surface area contributed by atoms with E-state index in [0.29, 0.717) is 16.8 Å². The minimum atomic E-state index is -0.439. The van der Waals surface area contributed by atoms with Gasteiger partial charge < -0.3 is 15.0 Å². The zero-order valence-electron chi connectivity index (χ0n) is 19.8. The van der Waals surface area contributed by atoms with Gasteiger partial charge in [-0.1, -0.05) is 31.9 Å². The van der Waals surface area contributed by atoms with E-state index in [1.54, 1.807) is 30.5 Å². The number of ether oxygens (including phenoxy) is 1. The second kappa shape index (κ2) is 11.5. The lowest BCUT2D eigenvalue weighted by Gasteiger charge is -2.22. The summed E-state index contributed by atoms with van der Waals surface area (Å²) in [5.41, 5.74) is 3.55. The van der Waals surface area contributed by atoms with Crippen LogP contribution >= 0.6 is 0 Å². The van der Waals surface area contributed by atoms with Gasteiger partial charge in [-0.15, -0.1) is 0 Å². The normalized spacial score (nSPS) is 10.7. The largest absolute Gasteiger partial charge is 0.494 e. The van der Waals surface area contributed by atoms with Gasteiger partial charge in [-0.25, -0.2) is 9.37 Å². The predicted octanol–water partition coefficient (Wildman–Crippen LogP) is 6.47. The molecule has 0 aliphatic carbocycles. The summed E-state index contributed by atoms with van der Waals surface area (Å²) in [5.74, 6) is 0.417. The zero-order valence-corrected chi connectivity index (χ0v) is 19.8. The monoisotopic (exact) mass is 449 g/mol. The van der Waals surface area contributed by atoms with Crippen molar-refractivity contribution in [2.75, 3.05) is 30.4 Å². The number of pyridine rings is 1. The molecule has 0 aliphatic heterocycles. The van der Waals surface area contributed by atoms with Crippen molar-refractivity contribution in [1.82, 2.24) is 4.98 Å². The van der Waals surface area contributed by atoms with Gasteiger partial charge >= 0.3 is 0 Å². The first-order valence-electron chi connectivity index (χ1n) is 11.4. The first kappa shape index (κ1) is 24.2. The van der Waals surface area contributed by atoms with E-state index in [0.717, 1.165) is 36.5 Å². The lowest BCUT2D eigenvalue weighted by atomic mass is 9.97. The number of aryl methyl sites for hydroxylation is 1. The van der Waals surface area contributed by atoms with Crippen LogP contribution in [0.15, 0.2) is 54.7 Å². The van der Waals surface area contributed by atoms with Gasteiger partial charge in [-0.3, -0.25) is 4.79 Å². The minimum Gasteiger partial charge on any atom is -0.494 e. The van der Waals surface area contributed by atoms with E-state index in [-0.39, 0.29) is 11.7 Å². The fourth-order valence-electron chi connectivity index (χ4n) is 3.75. The molecule has 0 spiro atoms. The fraction of sp³-hybridized carbons (Fsp3) is 0.333. The predicted molar refractivity (Wildman–Crippen MR) is 133 cm³/mol. The number of halogens is 1. The van der Waals surface area contributed by atoms with Crippen molar-refractivity contribution in [2.45, 2.75) is 40.0 Å². The van der Waals surface area contributed by atoms with Crippen LogP contribution in [-0.4, -0.2) is 31.1 Å². The summed E-state index contributed by atoms with van der Waals surface area (Å²) in [6, 6.07) is 14.0. The summed E-state index contributed by atoms with van der Waals surface area (Å²) >= 11 is 0. The van der Waals surface area contributed by atoms with E-state index in [1.165, 1.54) is 26.0 Å². The Kier molecular flexibility index (Phi) is 8.41. The second-order valence-corrected chi connectivity index (χ2v) is 8.02.